The first kappa shape index (κ1) is 28.1. The third-order valence-corrected chi connectivity index (χ3v) is 8.06. The van der Waals surface area contributed by atoms with E-state index in [1.807, 2.05) is 61.8 Å². The number of nitrogens with zero attached hydrogens (tertiary/aromatic N) is 4. The van der Waals surface area contributed by atoms with Crippen LogP contribution in [0.2, 0.25) is 0 Å². The second kappa shape index (κ2) is 10.3. The molecule has 220 valence electrons. The van der Waals surface area contributed by atoms with Crippen molar-refractivity contribution < 1.29 is 27.8 Å². The fraction of sp³-hybridized carbons (Fsp3) is 0.406. The van der Waals surface area contributed by atoms with E-state index in [1.165, 1.54) is 19.5 Å². The zero-order chi connectivity index (χ0) is 29.8. The van der Waals surface area contributed by atoms with Crippen LogP contribution in [-0.4, -0.2) is 65.1 Å². The molecule has 42 heavy (non-hydrogen) atoms. The van der Waals surface area contributed by atoms with Gasteiger partial charge in [0, 0.05) is 25.6 Å². The van der Waals surface area contributed by atoms with E-state index in [1.54, 1.807) is 12.1 Å². The summed E-state index contributed by atoms with van der Waals surface area (Å²) in [4.78, 5) is 25.7. The van der Waals surface area contributed by atoms with Gasteiger partial charge in [0.2, 0.25) is 0 Å². The van der Waals surface area contributed by atoms with Crippen LogP contribution in [0.15, 0.2) is 48.8 Å². The minimum absolute atomic E-state index is 0.00183. The van der Waals surface area contributed by atoms with Crippen molar-refractivity contribution in [2.75, 3.05) is 31.9 Å². The van der Waals surface area contributed by atoms with Crippen LogP contribution in [0.4, 0.5) is 19.4 Å². The average Bonchev–Trinajstić information content (AvgIpc) is 3.15. The van der Waals surface area contributed by atoms with Crippen LogP contribution < -0.4 is 9.64 Å². The van der Waals surface area contributed by atoms with Gasteiger partial charge in [-0.05, 0) is 75.1 Å². The number of carbonyl (C=O) groups excluding carboxylic acids is 1. The van der Waals surface area contributed by atoms with Gasteiger partial charge in [-0.2, -0.15) is 0 Å². The normalized spacial score (nSPS) is 20.4. The van der Waals surface area contributed by atoms with Crippen molar-refractivity contribution >= 4 is 33.6 Å². The van der Waals surface area contributed by atoms with Gasteiger partial charge in [0.25, 0.3) is 0 Å². The van der Waals surface area contributed by atoms with Crippen LogP contribution in [0, 0.1) is 11.6 Å². The predicted octanol–water partition coefficient (Wildman–Crippen LogP) is 6.69. The molecule has 2 atom stereocenters. The van der Waals surface area contributed by atoms with Crippen LogP contribution in [0.1, 0.15) is 40.5 Å². The van der Waals surface area contributed by atoms with Gasteiger partial charge in [-0.1, -0.05) is 24.3 Å². The molecule has 1 aromatic heterocycles. The molecule has 2 bridgehead atoms. The lowest BCUT2D eigenvalue weighted by Crippen LogP contribution is -2.63. The van der Waals surface area contributed by atoms with Gasteiger partial charge in [-0.25, -0.2) is 23.5 Å². The topological polar surface area (TPSA) is 77.0 Å². The summed E-state index contributed by atoms with van der Waals surface area (Å²) in [5.41, 5.74) is -0.932. The van der Waals surface area contributed by atoms with Crippen molar-refractivity contribution in [1.29, 1.82) is 0 Å². The number of ether oxygens (including phenoxy) is 3. The first-order chi connectivity index (χ1) is 20.0. The van der Waals surface area contributed by atoms with Crippen LogP contribution in [0.25, 0.3) is 32.8 Å². The Morgan fingerprint density at radius 3 is 2.64 bits per heavy atom. The predicted molar refractivity (Wildman–Crippen MR) is 157 cm³/mol. The highest BCUT2D eigenvalue weighted by Crippen LogP contribution is 2.43. The van der Waals surface area contributed by atoms with Gasteiger partial charge in [-0.15, -0.1) is 0 Å². The van der Waals surface area contributed by atoms with Crippen LogP contribution in [0.3, 0.4) is 0 Å². The molecule has 1 amide bonds. The smallest absolute Gasteiger partial charge is 0.411 e. The summed E-state index contributed by atoms with van der Waals surface area (Å²) >= 11 is 0. The van der Waals surface area contributed by atoms with E-state index in [0.29, 0.717) is 35.6 Å². The molecule has 0 radical (unpaired) electrons. The number of fused-ring (bicyclic) bond motifs is 4. The Bertz CT molecular complexity index is 1690. The summed E-state index contributed by atoms with van der Waals surface area (Å²) in [7, 11) is 1.51. The first-order valence-electron chi connectivity index (χ1n) is 14.0. The Morgan fingerprint density at radius 2 is 1.90 bits per heavy atom. The fourth-order valence-corrected chi connectivity index (χ4v) is 6.38. The van der Waals surface area contributed by atoms with Gasteiger partial charge in [0.1, 0.15) is 34.8 Å². The monoisotopic (exact) mass is 576 g/mol. The molecule has 2 saturated heterocycles. The summed E-state index contributed by atoms with van der Waals surface area (Å²) in [5, 5.41) is 1.73. The van der Waals surface area contributed by atoms with Crippen molar-refractivity contribution in [1.82, 2.24) is 14.9 Å². The third kappa shape index (κ3) is 4.87. The standard InChI is InChI=1S/C32H34F2N4O4/c1-31(2,3)42-30(39)38-20-10-11-32(38,4)16-37(15-20)29-24-14-25(33)26(27(34)28(24)35-17-36-29)23-13-21(41-18-40-5)12-19-8-6-7-9-22(19)23/h6-9,12-14,17,20H,10-11,15-16,18H2,1-5H3/t20-,32+/m1/s1. The summed E-state index contributed by atoms with van der Waals surface area (Å²) in [6.45, 7) is 8.48. The van der Waals surface area contributed by atoms with Crippen molar-refractivity contribution in [3.05, 3.63) is 60.4 Å². The number of aromatic nitrogens is 2. The fourth-order valence-electron chi connectivity index (χ4n) is 6.38. The molecule has 6 rings (SSSR count). The number of anilines is 1. The lowest BCUT2D eigenvalue weighted by Gasteiger charge is -2.47. The molecule has 4 aromatic rings. The molecule has 3 aromatic carbocycles. The Kier molecular flexibility index (Phi) is 6.92. The second-order valence-corrected chi connectivity index (χ2v) is 12.3. The second-order valence-electron chi connectivity index (χ2n) is 12.3. The number of hydrogen-bond donors (Lipinski definition) is 0. The van der Waals surface area contributed by atoms with Crippen molar-refractivity contribution in [2.45, 2.75) is 57.7 Å². The lowest BCUT2D eigenvalue weighted by atomic mass is 9.95. The molecule has 2 aliphatic heterocycles. The quantitative estimate of drug-likeness (QED) is 0.245. The van der Waals surface area contributed by atoms with E-state index in [0.717, 1.165) is 18.2 Å². The molecule has 8 nitrogen and oxygen atoms in total. The third-order valence-electron chi connectivity index (χ3n) is 8.06. The van der Waals surface area contributed by atoms with E-state index in [-0.39, 0.29) is 35.4 Å². The summed E-state index contributed by atoms with van der Waals surface area (Å²) in [6.07, 6.45) is 2.56. The number of rotatable bonds is 5. The van der Waals surface area contributed by atoms with Gasteiger partial charge in [0.05, 0.1) is 17.1 Å². The molecule has 0 spiro atoms. The van der Waals surface area contributed by atoms with Gasteiger partial charge >= 0.3 is 6.09 Å². The maximum atomic E-state index is 16.4. The zero-order valence-electron chi connectivity index (χ0n) is 24.4. The molecule has 3 heterocycles. The minimum Gasteiger partial charge on any atom is -0.468 e. The molecule has 0 saturated carbocycles. The van der Waals surface area contributed by atoms with Gasteiger partial charge in [0.15, 0.2) is 12.6 Å². The van der Waals surface area contributed by atoms with Gasteiger partial charge < -0.3 is 19.1 Å². The van der Waals surface area contributed by atoms with E-state index in [9.17, 15) is 4.79 Å². The van der Waals surface area contributed by atoms with E-state index in [2.05, 4.69) is 9.97 Å². The van der Waals surface area contributed by atoms with E-state index >= 15 is 8.78 Å². The Hall–Kier alpha value is -4.05. The maximum Gasteiger partial charge on any atom is 0.411 e. The Balaban J connectivity index is 1.41. The number of halogens is 2. The number of amides is 1. The Labute approximate surface area is 243 Å². The molecule has 2 fully saturated rings. The number of benzene rings is 3. The number of carbonyl (C=O) groups is 1. The highest BCUT2D eigenvalue weighted by atomic mass is 19.1. The molecule has 10 heteroatoms. The van der Waals surface area contributed by atoms with Crippen LogP contribution in [-0.2, 0) is 9.47 Å². The zero-order valence-corrected chi connectivity index (χ0v) is 24.4. The van der Waals surface area contributed by atoms with Gasteiger partial charge in [-0.3, -0.25) is 4.90 Å². The summed E-state index contributed by atoms with van der Waals surface area (Å²) < 4.78 is 48.8. The van der Waals surface area contributed by atoms with Crippen molar-refractivity contribution in [3.8, 4) is 16.9 Å². The van der Waals surface area contributed by atoms with Crippen molar-refractivity contribution in [2.24, 2.45) is 0 Å². The largest absolute Gasteiger partial charge is 0.468 e. The Morgan fingerprint density at radius 1 is 1.12 bits per heavy atom. The average molecular weight is 577 g/mol. The van der Waals surface area contributed by atoms with Crippen LogP contribution >= 0.6 is 0 Å². The SMILES string of the molecule is COCOc1cc(-c2c(F)cc3c(N4C[C@H]5CC[C@@](C)(C4)N5C(=O)OC(C)(C)C)ncnc3c2F)c2ccccc2c1. The molecule has 0 unspecified atom stereocenters. The molecule has 0 aliphatic carbocycles. The number of piperazine rings is 1. The first-order valence-corrected chi connectivity index (χ1v) is 14.0. The van der Waals surface area contributed by atoms with Crippen LogP contribution in [0.5, 0.6) is 5.75 Å². The lowest BCUT2D eigenvalue weighted by molar-refractivity contribution is -0.00279. The highest BCUT2D eigenvalue weighted by Gasteiger charge is 2.52. The summed E-state index contributed by atoms with van der Waals surface area (Å²) in [6, 6.07) is 12.0. The molecular formula is C32H34F2N4O4. The number of hydrogen-bond acceptors (Lipinski definition) is 7. The molecule has 2 aliphatic rings. The highest BCUT2D eigenvalue weighted by molar-refractivity contribution is 6.01. The molecule has 0 N–H and O–H groups in total. The molecular weight excluding hydrogens is 542 g/mol. The van der Waals surface area contributed by atoms with E-state index < -0.39 is 22.8 Å². The number of methoxy groups -OCH3 is 1. The maximum absolute atomic E-state index is 16.4. The minimum atomic E-state index is -0.774. The van der Waals surface area contributed by atoms with E-state index in [4.69, 9.17) is 14.2 Å². The summed E-state index contributed by atoms with van der Waals surface area (Å²) in [5.74, 6) is -0.635. The van der Waals surface area contributed by atoms with Crippen molar-refractivity contribution in [3.63, 3.8) is 0 Å².